The van der Waals surface area contributed by atoms with Crippen molar-refractivity contribution in [1.29, 1.82) is 0 Å². The third kappa shape index (κ3) is 1.60. The van der Waals surface area contributed by atoms with Crippen LogP contribution in [0.4, 0.5) is 5.82 Å². The van der Waals surface area contributed by atoms with Gasteiger partial charge in [-0.25, -0.2) is 4.98 Å². The van der Waals surface area contributed by atoms with Gasteiger partial charge >= 0.3 is 0 Å². The Morgan fingerprint density at radius 3 is 3.08 bits per heavy atom. The van der Waals surface area contributed by atoms with Crippen LogP contribution in [0.15, 0.2) is 6.20 Å². The van der Waals surface area contributed by atoms with Crippen LogP contribution in [0.5, 0.6) is 11.8 Å². The average Bonchev–Trinajstić information content (AvgIpc) is 2.09. The molecule has 0 unspecified atom stereocenters. The highest BCUT2D eigenvalue weighted by atomic mass is 16.5. The molecule has 0 spiro atoms. The van der Waals surface area contributed by atoms with E-state index in [0.717, 1.165) is 0 Å². The Morgan fingerprint density at radius 2 is 2.50 bits per heavy atom. The lowest BCUT2D eigenvalue weighted by atomic mass is 10.6. The number of nitrogens with one attached hydrogen (secondary N) is 1. The summed E-state index contributed by atoms with van der Waals surface area (Å²) in [4.78, 5) is 17.2. The second-order valence-corrected chi connectivity index (χ2v) is 1.85. The highest BCUT2D eigenvalue weighted by molar-refractivity contribution is 5.71. The molecule has 0 aliphatic rings. The van der Waals surface area contributed by atoms with E-state index in [2.05, 4.69) is 15.3 Å². The zero-order valence-electron chi connectivity index (χ0n) is 6.31. The summed E-state index contributed by atoms with van der Waals surface area (Å²) in [6.45, 7) is 0. The molecule has 6 nitrogen and oxygen atoms in total. The van der Waals surface area contributed by atoms with Crippen molar-refractivity contribution in [2.75, 3.05) is 12.4 Å². The second kappa shape index (κ2) is 3.51. The van der Waals surface area contributed by atoms with E-state index in [0.29, 0.717) is 6.41 Å². The molecule has 64 valence electrons. The monoisotopic (exact) mass is 169 g/mol. The van der Waals surface area contributed by atoms with Crippen LogP contribution < -0.4 is 10.1 Å². The minimum absolute atomic E-state index is 0.0237. The molecule has 6 heteroatoms. The standard InChI is InChI=1S/C6H7N3O3/c1-12-4-2-7-6(11)5(9-4)8-3-10/h2-3H,1H3,(H,7,11)(H,8,9,10). The van der Waals surface area contributed by atoms with Crippen molar-refractivity contribution < 1.29 is 14.6 Å². The number of amides is 1. The van der Waals surface area contributed by atoms with E-state index in [9.17, 15) is 4.79 Å². The summed E-state index contributed by atoms with van der Waals surface area (Å²) in [6.07, 6.45) is 1.63. The van der Waals surface area contributed by atoms with Gasteiger partial charge in [0.05, 0.1) is 13.3 Å². The third-order valence-electron chi connectivity index (χ3n) is 1.14. The molecule has 0 aliphatic carbocycles. The molecule has 0 radical (unpaired) electrons. The molecular weight excluding hydrogens is 162 g/mol. The lowest BCUT2D eigenvalue weighted by Crippen LogP contribution is -2.00. The summed E-state index contributed by atoms with van der Waals surface area (Å²) < 4.78 is 4.72. The normalized spacial score (nSPS) is 9.08. The maximum Gasteiger partial charge on any atom is 0.255 e. The number of aromatic hydroxyl groups is 1. The summed E-state index contributed by atoms with van der Waals surface area (Å²) in [5.74, 6) is -0.149. The van der Waals surface area contributed by atoms with Crippen LogP contribution >= 0.6 is 0 Å². The van der Waals surface area contributed by atoms with Crippen molar-refractivity contribution in [3.8, 4) is 11.8 Å². The van der Waals surface area contributed by atoms with Gasteiger partial charge in [0.15, 0.2) is 5.82 Å². The summed E-state index contributed by atoms with van der Waals surface area (Å²) in [7, 11) is 1.41. The summed E-state index contributed by atoms with van der Waals surface area (Å²) in [6, 6.07) is 0. The summed E-state index contributed by atoms with van der Waals surface area (Å²) in [5.41, 5.74) is 0. The molecule has 0 atom stereocenters. The van der Waals surface area contributed by atoms with Crippen LogP contribution in [0.2, 0.25) is 0 Å². The highest BCUT2D eigenvalue weighted by Gasteiger charge is 2.04. The molecule has 0 fully saturated rings. The van der Waals surface area contributed by atoms with Gasteiger partial charge in [0, 0.05) is 0 Å². The largest absolute Gasteiger partial charge is 0.491 e. The van der Waals surface area contributed by atoms with Gasteiger partial charge in [-0.2, -0.15) is 4.98 Å². The molecule has 1 rings (SSSR count). The number of nitrogens with zero attached hydrogens (tertiary/aromatic N) is 2. The number of anilines is 1. The van der Waals surface area contributed by atoms with Crippen LogP contribution in [-0.2, 0) is 4.79 Å². The molecule has 1 aromatic heterocycles. The molecule has 0 aliphatic heterocycles. The number of rotatable bonds is 3. The highest BCUT2D eigenvalue weighted by Crippen LogP contribution is 2.18. The number of methoxy groups -OCH3 is 1. The summed E-state index contributed by atoms with van der Waals surface area (Å²) >= 11 is 0. The number of carbonyl (C=O) groups excluding carboxylic acids is 1. The maximum absolute atomic E-state index is 10.00. The minimum atomic E-state index is -0.345. The van der Waals surface area contributed by atoms with Gasteiger partial charge in [0.25, 0.3) is 5.88 Å². The second-order valence-electron chi connectivity index (χ2n) is 1.85. The molecule has 0 saturated carbocycles. The summed E-state index contributed by atoms with van der Waals surface area (Å²) in [5, 5.41) is 11.2. The van der Waals surface area contributed by atoms with Gasteiger partial charge in [-0.15, -0.1) is 0 Å². The zero-order valence-corrected chi connectivity index (χ0v) is 6.31. The Labute approximate surface area is 68.2 Å². The molecule has 1 amide bonds. The third-order valence-corrected chi connectivity index (χ3v) is 1.14. The number of hydrogen-bond acceptors (Lipinski definition) is 5. The van der Waals surface area contributed by atoms with Gasteiger partial charge < -0.3 is 15.2 Å². The van der Waals surface area contributed by atoms with Crippen molar-refractivity contribution in [1.82, 2.24) is 9.97 Å². The van der Waals surface area contributed by atoms with Crippen LogP contribution in [0, 0.1) is 0 Å². The van der Waals surface area contributed by atoms with E-state index in [1.54, 1.807) is 0 Å². The molecule has 2 N–H and O–H groups in total. The van der Waals surface area contributed by atoms with E-state index in [1.807, 2.05) is 0 Å². The predicted octanol–water partition coefficient (Wildman–Crippen LogP) is -0.241. The van der Waals surface area contributed by atoms with Crippen molar-refractivity contribution in [3.63, 3.8) is 0 Å². The lowest BCUT2D eigenvalue weighted by molar-refractivity contribution is -0.105. The lowest BCUT2D eigenvalue weighted by Gasteiger charge is -2.02. The Kier molecular flexibility index (Phi) is 2.42. The molecule has 0 aromatic carbocycles. The van der Waals surface area contributed by atoms with Crippen molar-refractivity contribution in [2.45, 2.75) is 0 Å². The molecule has 12 heavy (non-hydrogen) atoms. The van der Waals surface area contributed by atoms with Crippen molar-refractivity contribution in [3.05, 3.63) is 6.20 Å². The quantitative estimate of drug-likeness (QED) is 0.610. The van der Waals surface area contributed by atoms with E-state index in [-0.39, 0.29) is 17.6 Å². The average molecular weight is 169 g/mol. The molecule has 0 bridgehead atoms. The minimum Gasteiger partial charge on any atom is -0.491 e. The Balaban J connectivity index is 2.99. The fourth-order valence-electron chi connectivity index (χ4n) is 0.618. The van der Waals surface area contributed by atoms with E-state index in [4.69, 9.17) is 9.84 Å². The van der Waals surface area contributed by atoms with Gasteiger partial charge in [0.1, 0.15) is 0 Å². The first-order valence-electron chi connectivity index (χ1n) is 3.08. The van der Waals surface area contributed by atoms with Gasteiger partial charge in [-0.05, 0) is 0 Å². The SMILES string of the molecule is COc1cnc(O)c(NC=O)n1. The number of carbonyl (C=O) groups is 1. The number of aromatic nitrogens is 2. The van der Waals surface area contributed by atoms with Crippen molar-refractivity contribution >= 4 is 12.2 Å². The van der Waals surface area contributed by atoms with Gasteiger partial charge in [0.2, 0.25) is 12.3 Å². The van der Waals surface area contributed by atoms with Crippen molar-refractivity contribution in [2.24, 2.45) is 0 Å². The fourth-order valence-corrected chi connectivity index (χ4v) is 0.618. The molecular formula is C6H7N3O3. The Morgan fingerprint density at radius 1 is 1.75 bits per heavy atom. The molecule has 1 aromatic rings. The first-order valence-corrected chi connectivity index (χ1v) is 3.08. The van der Waals surface area contributed by atoms with Crippen LogP contribution in [-0.4, -0.2) is 28.6 Å². The molecule has 1 heterocycles. The first-order chi connectivity index (χ1) is 5.77. The fraction of sp³-hybridized carbons (Fsp3) is 0.167. The smallest absolute Gasteiger partial charge is 0.255 e. The number of hydrogen-bond donors (Lipinski definition) is 2. The van der Waals surface area contributed by atoms with Gasteiger partial charge in [-0.1, -0.05) is 0 Å². The van der Waals surface area contributed by atoms with Crippen LogP contribution in [0.1, 0.15) is 0 Å². The molecule has 0 saturated heterocycles. The van der Waals surface area contributed by atoms with Crippen LogP contribution in [0.25, 0.3) is 0 Å². The van der Waals surface area contributed by atoms with E-state index >= 15 is 0 Å². The Hall–Kier alpha value is -1.85. The predicted molar refractivity (Wildman–Crippen MR) is 39.9 cm³/mol. The first kappa shape index (κ1) is 8.25. The van der Waals surface area contributed by atoms with E-state index < -0.39 is 0 Å². The van der Waals surface area contributed by atoms with Crippen LogP contribution in [0.3, 0.4) is 0 Å². The zero-order chi connectivity index (χ0) is 8.97. The van der Waals surface area contributed by atoms with E-state index in [1.165, 1.54) is 13.3 Å². The topological polar surface area (TPSA) is 84.3 Å². The Bertz CT molecular complexity index is 289. The van der Waals surface area contributed by atoms with Gasteiger partial charge in [-0.3, -0.25) is 4.79 Å². The number of ether oxygens (including phenoxy) is 1. The maximum atomic E-state index is 10.00.